The van der Waals surface area contributed by atoms with Crippen molar-refractivity contribution in [3.8, 4) is 0 Å². The first-order chi connectivity index (χ1) is 10.9. The van der Waals surface area contributed by atoms with E-state index in [9.17, 15) is 14.9 Å². The largest absolute Gasteiger partial charge is 0.350 e. The highest BCUT2D eigenvalue weighted by molar-refractivity contribution is 5.94. The van der Waals surface area contributed by atoms with E-state index in [1.54, 1.807) is 12.1 Å². The SMILES string of the molecule is CN(C)C1(CNC(=O)c2cccc([N+](=O)[O-])c2)CCCCCC1. The molecule has 0 saturated heterocycles. The monoisotopic (exact) mass is 319 g/mol. The third kappa shape index (κ3) is 4.28. The minimum atomic E-state index is -0.483. The van der Waals surface area contributed by atoms with Gasteiger partial charge in [-0.25, -0.2) is 0 Å². The number of hydrogen-bond acceptors (Lipinski definition) is 4. The van der Waals surface area contributed by atoms with Gasteiger partial charge in [0, 0.05) is 29.8 Å². The molecule has 1 aromatic carbocycles. The molecule has 0 aromatic heterocycles. The van der Waals surface area contributed by atoms with Crippen LogP contribution in [0.1, 0.15) is 48.9 Å². The second-order valence-electron chi connectivity index (χ2n) is 6.52. The van der Waals surface area contributed by atoms with E-state index >= 15 is 0 Å². The lowest BCUT2D eigenvalue weighted by atomic mass is 9.88. The molecule has 23 heavy (non-hydrogen) atoms. The average molecular weight is 319 g/mol. The molecular formula is C17H25N3O3. The lowest BCUT2D eigenvalue weighted by Crippen LogP contribution is -2.52. The molecule has 0 atom stereocenters. The highest BCUT2D eigenvalue weighted by Gasteiger charge is 2.33. The second kappa shape index (κ2) is 7.55. The van der Waals surface area contributed by atoms with Crippen molar-refractivity contribution in [1.82, 2.24) is 10.2 Å². The van der Waals surface area contributed by atoms with Crippen LogP contribution in [0.2, 0.25) is 0 Å². The van der Waals surface area contributed by atoms with Gasteiger partial charge in [0.1, 0.15) is 0 Å². The van der Waals surface area contributed by atoms with Gasteiger partial charge in [-0.2, -0.15) is 0 Å². The molecule has 126 valence electrons. The molecule has 0 radical (unpaired) electrons. The number of nitro groups is 1. The van der Waals surface area contributed by atoms with E-state index in [1.165, 1.54) is 37.8 Å². The first-order valence-electron chi connectivity index (χ1n) is 8.15. The van der Waals surface area contributed by atoms with Crippen LogP contribution in [0.15, 0.2) is 24.3 Å². The van der Waals surface area contributed by atoms with Crippen molar-refractivity contribution in [2.45, 2.75) is 44.1 Å². The zero-order valence-electron chi connectivity index (χ0n) is 13.9. The number of nitrogens with one attached hydrogen (secondary N) is 1. The Morgan fingerprint density at radius 2 is 1.91 bits per heavy atom. The molecule has 1 amide bonds. The summed E-state index contributed by atoms with van der Waals surface area (Å²) in [6, 6.07) is 5.87. The Bertz CT molecular complexity index is 564. The van der Waals surface area contributed by atoms with Gasteiger partial charge in [-0.1, -0.05) is 31.7 Å². The highest BCUT2D eigenvalue weighted by atomic mass is 16.6. The van der Waals surface area contributed by atoms with Crippen LogP contribution in [0.25, 0.3) is 0 Å². The number of benzene rings is 1. The summed E-state index contributed by atoms with van der Waals surface area (Å²) in [7, 11) is 4.12. The number of likely N-dealkylation sites (N-methyl/N-ethyl adjacent to an activating group) is 1. The summed E-state index contributed by atoms with van der Waals surface area (Å²) in [6.45, 7) is 0.571. The van der Waals surface area contributed by atoms with Crippen LogP contribution in [-0.4, -0.2) is 41.9 Å². The smallest absolute Gasteiger partial charge is 0.270 e. The molecule has 1 fully saturated rings. The van der Waals surface area contributed by atoms with Gasteiger partial charge in [-0.05, 0) is 33.0 Å². The number of hydrogen-bond donors (Lipinski definition) is 1. The highest BCUT2D eigenvalue weighted by Crippen LogP contribution is 2.30. The molecule has 1 N–H and O–H groups in total. The summed E-state index contributed by atoms with van der Waals surface area (Å²) in [6.07, 6.45) is 6.96. The average Bonchev–Trinajstić information content (AvgIpc) is 2.79. The van der Waals surface area contributed by atoms with E-state index in [0.29, 0.717) is 12.1 Å². The molecule has 6 heteroatoms. The fourth-order valence-corrected chi connectivity index (χ4v) is 3.28. The standard InChI is InChI=1S/C17H25N3O3/c1-19(2)17(10-5-3-4-6-11-17)13-18-16(21)14-8-7-9-15(12-14)20(22)23/h7-9,12H,3-6,10-11,13H2,1-2H3,(H,18,21). The molecule has 1 saturated carbocycles. The van der Waals surface area contributed by atoms with Crippen molar-refractivity contribution < 1.29 is 9.72 Å². The summed E-state index contributed by atoms with van der Waals surface area (Å²) in [5, 5.41) is 13.8. The van der Waals surface area contributed by atoms with Crippen molar-refractivity contribution in [3.05, 3.63) is 39.9 Å². The Hall–Kier alpha value is -1.95. The molecular weight excluding hydrogens is 294 g/mol. The maximum absolute atomic E-state index is 12.4. The van der Waals surface area contributed by atoms with E-state index in [0.717, 1.165) is 12.8 Å². The molecule has 0 spiro atoms. The predicted molar refractivity (Wildman–Crippen MR) is 89.5 cm³/mol. The Labute approximate surface area is 137 Å². The first kappa shape index (κ1) is 17.4. The van der Waals surface area contributed by atoms with Crippen LogP contribution in [0.4, 0.5) is 5.69 Å². The van der Waals surface area contributed by atoms with Gasteiger partial charge >= 0.3 is 0 Å². The second-order valence-corrected chi connectivity index (χ2v) is 6.52. The molecule has 0 bridgehead atoms. The van der Waals surface area contributed by atoms with Gasteiger partial charge in [0.2, 0.25) is 0 Å². The van der Waals surface area contributed by atoms with E-state index in [1.807, 2.05) is 0 Å². The van der Waals surface area contributed by atoms with Gasteiger partial charge < -0.3 is 10.2 Å². The van der Waals surface area contributed by atoms with Crippen LogP contribution < -0.4 is 5.32 Å². The number of nitrogens with zero attached hydrogens (tertiary/aromatic N) is 2. The number of nitro benzene ring substituents is 1. The number of carbonyl (C=O) groups excluding carboxylic acids is 1. The topological polar surface area (TPSA) is 75.5 Å². The Balaban J connectivity index is 2.07. The van der Waals surface area contributed by atoms with Crippen molar-refractivity contribution in [1.29, 1.82) is 0 Å². The molecule has 0 aliphatic heterocycles. The summed E-state index contributed by atoms with van der Waals surface area (Å²) < 4.78 is 0. The minimum absolute atomic E-state index is 0.0210. The van der Waals surface area contributed by atoms with Crippen molar-refractivity contribution in [2.24, 2.45) is 0 Å². The fourth-order valence-electron chi connectivity index (χ4n) is 3.28. The van der Waals surface area contributed by atoms with Gasteiger partial charge in [0.05, 0.1) is 4.92 Å². The fraction of sp³-hybridized carbons (Fsp3) is 0.588. The summed E-state index contributed by atoms with van der Waals surface area (Å²) in [5.74, 6) is -0.251. The maximum Gasteiger partial charge on any atom is 0.270 e. The third-order valence-electron chi connectivity index (χ3n) is 4.88. The molecule has 0 heterocycles. The first-order valence-corrected chi connectivity index (χ1v) is 8.15. The van der Waals surface area contributed by atoms with Crippen molar-refractivity contribution in [2.75, 3.05) is 20.6 Å². The van der Waals surface area contributed by atoms with Gasteiger partial charge in [-0.15, -0.1) is 0 Å². The molecule has 1 aromatic rings. The van der Waals surface area contributed by atoms with Gasteiger partial charge in [0.25, 0.3) is 11.6 Å². The Morgan fingerprint density at radius 3 is 2.48 bits per heavy atom. The lowest BCUT2D eigenvalue weighted by Gasteiger charge is -2.39. The summed E-state index contributed by atoms with van der Waals surface area (Å²) in [4.78, 5) is 24.9. The molecule has 1 aliphatic rings. The van der Waals surface area contributed by atoms with Gasteiger partial charge in [0.15, 0.2) is 0 Å². The van der Waals surface area contributed by atoms with E-state index in [-0.39, 0.29) is 17.1 Å². The number of non-ortho nitro benzene ring substituents is 1. The maximum atomic E-state index is 12.4. The van der Waals surface area contributed by atoms with E-state index in [2.05, 4.69) is 24.3 Å². The predicted octanol–water partition coefficient (Wildman–Crippen LogP) is 2.98. The Morgan fingerprint density at radius 1 is 1.26 bits per heavy atom. The minimum Gasteiger partial charge on any atom is -0.350 e. The molecule has 6 nitrogen and oxygen atoms in total. The van der Waals surface area contributed by atoms with Crippen LogP contribution in [-0.2, 0) is 0 Å². The van der Waals surface area contributed by atoms with Crippen LogP contribution in [0.5, 0.6) is 0 Å². The zero-order chi connectivity index (χ0) is 16.9. The zero-order valence-corrected chi connectivity index (χ0v) is 13.9. The molecule has 2 rings (SSSR count). The number of carbonyl (C=O) groups is 1. The number of amides is 1. The summed E-state index contributed by atoms with van der Waals surface area (Å²) in [5.41, 5.74) is 0.253. The molecule has 0 unspecified atom stereocenters. The summed E-state index contributed by atoms with van der Waals surface area (Å²) >= 11 is 0. The quantitative estimate of drug-likeness (QED) is 0.514. The van der Waals surface area contributed by atoms with E-state index < -0.39 is 4.92 Å². The Kier molecular flexibility index (Phi) is 5.71. The van der Waals surface area contributed by atoms with Crippen LogP contribution in [0.3, 0.4) is 0 Å². The van der Waals surface area contributed by atoms with E-state index in [4.69, 9.17) is 0 Å². The normalized spacial score (nSPS) is 17.5. The van der Waals surface area contributed by atoms with Crippen molar-refractivity contribution in [3.63, 3.8) is 0 Å². The third-order valence-corrected chi connectivity index (χ3v) is 4.88. The van der Waals surface area contributed by atoms with Crippen molar-refractivity contribution >= 4 is 11.6 Å². The lowest BCUT2D eigenvalue weighted by molar-refractivity contribution is -0.384. The van der Waals surface area contributed by atoms with Crippen LogP contribution >= 0.6 is 0 Å². The van der Waals surface area contributed by atoms with Gasteiger partial charge in [-0.3, -0.25) is 14.9 Å². The molecule has 1 aliphatic carbocycles. The van der Waals surface area contributed by atoms with Crippen LogP contribution in [0, 0.1) is 10.1 Å². The number of rotatable bonds is 5.